The molecule has 0 aliphatic rings. The number of rotatable bonds is 7. The Bertz CT molecular complexity index is 608. The summed E-state index contributed by atoms with van der Waals surface area (Å²) in [6.07, 6.45) is -0.832. The highest BCUT2D eigenvalue weighted by Gasteiger charge is 2.34. The van der Waals surface area contributed by atoms with E-state index in [9.17, 15) is 24.6 Å². The molecule has 25 heavy (non-hydrogen) atoms. The summed E-state index contributed by atoms with van der Waals surface area (Å²) in [4.78, 5) is 36.2. The second-order valence-corrected chi connectivity index (χ2v) is 6.91. The first-order valence-electron chi connectivity index (χ1n) is 7.96. The van der Waals surface area contributed by atoms with Crippen molar-refractivity contribution in [2.24, 2.45) is 5.92 Å². The van der Waals surface area contributed by atoms with Crippen molar-refractivity contribution in [1.82, 2.24) is 4.90 Å². The fourth-order valence-electron chi connectivity index (χ4n) is 2.33. The number of hydrogen-bond acceptors (Lipinski definition) is 4. The Labute approximate surface area is 147 Å². The standard InChI is InChI=1S/C18H25NO6/c1-18(2,3)25-17(24)19(4)14(16(22)23)11-13(15(20)21)10-12-8-6-5-7-9-12/h5-9,13-14H,10-11H2,1-4H3,(H,20,21)(H,22,23)/t13?,14-/m0/s1. The van der Waals surface area contributed by atoms with Crippen LogP contribution in [0.2, 0.25) is 0 Å². The maximum atomic E-state index is 12.1. The molecule has 0 heterocycles. The van der Waals surface area contributed by atoms with Crippen LogP contribution in [0.15, 0.2) is 30.3 Å². The number of carboxylic acid groups (broad SMARTS) is 2. The smallest absolute Gasteiger partial charge is 0.410 e. The van der Waals surface area contributed by atoms with Crippen LogP contribution in [0.25, 0.3) is 0 Å². The summed E-state index contributed by atoms with van der Waals surface area (Å²) in [5.41, 5.74) is 0.0175. The summed E-state index contributed by atoms with van der Waals surface area (Å²) in [7, 11) is 1.30. The van der Waals surface area contributed by atoms with Crippen molar-refractivity contribution in [1.29, 1.82) is 0 Å². The van der Waals surface area contributed by atoms with E-state index in [4.69, 9.17) is 4.74 Å². The summed E-state index contributed by atoms with van der Waals surface area (Å²) < 4.78 is 5.17. The minimum Gasteiger partial charge on any atom is -0.481 e. The molecule has 0 spiro atoms. The second kappa shape index (κ2) is 8.50. The third kappa shape index (κ3) is 6.82. The van der Waals surface area contributed by atoms with E-state index in [0.29, 0.717) is 0 Å². The van der Waals surface area contributed by atoms with Crippen LogP contribution < -0.4 is 0 Å². The number of nitrogens with zero attached hydrogens (tertiary/aromatic N) is 1. The van der Waals surface area contributed by atoms with Gasteiger partial charge in [0.1, 0.15) is 11.6 Å². The fourth-order valence-corrected chi connectivity index (χ4v) is 2.33. The molecule has 138 valence electrons. The normalized spacial score (nSPS) is 13.6. The molecule has 0 radical (unpaired) electrons. The lowest BCUT2D eigenvalue weighted by atomic mass is 9.92. The van der Waals surface area contributed by atoms with E-state index >= 15 is 0 Å². The van der Waals surface area contributed by atoms with Crippen molar-refractivity contribution in [2.45, 2.75) is 45.3 Å². The largest absolute Gasteiger partial charge is 0.481 e. The van der Waals surface area contributed by atoms with Crippen molar-refractivity contribution in [2.75, 3.05) is 7.05 Å². The van der Waals surface area contributed by atoms with Gasteiger partial charge in [-0.15, -0.1) is 0 Å². The highest BCUT2D eigenvalue weighted by Crippen LogP contribution is 2.19. The zero-order chi connectivity index (χ0) is 19.2. The average molecular weight is 351 g/mol. The second-order valence-electron chi connectivity index (χ2n) is 6.91. The Kier molecular flexibility index (Phi) is 6.97. The lowest BCUT2D eigenvalue weighted by Gasteiger charge is -2.29. The molecule has 1 aromatic rings. The Morgan fingerprint density at radius 3 is 2.08 bits per heavy atom. The van der Waals surface area contributed by atoms with Crippen LogP contribution in [0.1, 0.15) is 32.8 Å². The third-order valence-electron chi connectivity index (χ3n) is 3.62. The highest BCUT2D eigenvalue weighted by atomic mass is 16.6. The van der Waals surface area contributed by atoms with Gasteiger partial charge in [-0.2, -0.15) is 0 Å². The third-order valence-corrected chi connectivity index (χ3v) is 3.62. The van der Waals surface area contributed by atoms with E-state index in [1.54, 1.807) is 45.0 Å². The van der Waals surface area contributed by atoms with Gasteiger partial charge in [0.15, 0.2) is 0 Å². The number of carbonyl (C=O) groups excluding carboxylic acids is 1. The Balaban J connectivity index is 2.91. The van der Waals surface area contributed by atoms with Crippen molar-refractivity contribution in [3.05, 3.63) is 35.9 Å². The summed E-state index contributed by atoms with van der Waals surface area (Å²) in [6, 6.07) is 7.66. The minimum absolute atomic E-state index is 0.183. The van der Waals surface area contributed by atoms with Crippen molar-refractivity contribution in [3.8, 4) is 0 Å². The minimum atomic E-state index is -1.29. The number of carboxylic acids is 2. The fraction of sp³-hybridized carbons (Fsp3) is 0.500. The number of likely N-dealkylation sites (N-methyl/N-ethyl adjacent to an activating group) is 1. The Hall–Kier alpha value is -2.57. The monoisotopic (exact) mass is 351 g/mol. The quantitative estimate of drug-likeness (QED) is 0.782. The molecule has 7 nitrogen and oxygen atoms in total. The molecule has 2 N–H and O–H groups in total. The summed E-state index contributed by atoms with van der Waals surface area (Å²) >= 11 is 0. The van der Waals surface area contributed by atoms with Gasteiger partial charge in [0.05, 0.1) is 5.92 Å². The van der Waals surface area contributed by atoms with Crippen molar-refractivity contribution < 1.29 is 29.3 Å². The van der Waals surface area contributed by atoms with Crippen molar-refractivity contribution >= 4 is 18.0 Å². The van der Waals surface area contributed by atoms with Gasteiger partial charge in [0.25, 0.3) is 0 Å². The Morgan fingerprint density at radius 1 is 1.08 bits per heavy atom. The Morgan fingerprint density at radius 2 is 1.64 bits per heavy atom. The van der Waals surface area contributed by atoms with Gasteiger partial charge in [-0.3, -0.25) is 9.69 Å². The molecule has 0 fully saturated rings. The molecular weight excluding hydrogens is 326 g/mol. The van der Waals surface area contributed by atoms with E-state index < -0.39 is 35.6 Å². The molecule has 2 atom stereocenters. The molecule has 0 saturated carbocycles. The van der Waals surface area contributed by atoms with Gasteiger partial charge in [0.2, 0.25) is 0 Å². The van der Waals surface area contributed by atoms with Crippen LogP contribution in [-0.4, -0.2) is 51.8 Å². The van der Waals surface area contributed by atoms with Crippen LogP contribution in [0.5, 0.6) is 0 Å². The van der Waals surface area contributed by atoms with E-state index in [2.05, 4.69) is 0 Å². The number of carbonyl (C=O) groups is 3. The lowest BCUT2D eigenvalue weighted by molar-refractivity contribution is -0.146. The first-order valence-corrected chi connectivity index (χ1v) is 7.96. The molecule has 1 amide bonds. The van der Waals surface area contributed by atoms with Crippen LogP contribution in [0, 0.1) is 5.92 Å². The molecule has 0 bridgehead atoms. The van der Waals surface area contributed by atoms with E-state index in [-0.39, 0.29) is 12.8 Å². The summed E-state index contributed by atoms with van der Waals surface area (Å²) in [6.45, 7) is 5.01. The predicted molar refractivity (Wildman–Crippen MR) is 91.3 cm³/mol. The topological polar surface area (TPSA) is 104 Å². The first-order chi connectivity index (χ1) is 11.5. The molecule has 1 rings (SSSR count). The van der Waals surface area contributed by atoms with Crippen LogP contribution in [0.4, 0.5) is 4.79 Å². The molecule has 0 aliphatic heterocycles. The molecular formula is C18H25NO6. The van der Waals surface area contributed by atoms with E-state index in [1.165, 1.54) is 7.05 Å². The molecule has 7 heteroatoms. The van der Waals surface area contributed by atoms with Gasteiger partial charge in [-0.1, -0.05) is 30.3 Å². The maximum absolute atomic E-state index is 12.1. The van der Waals surface area contributed by atoms with Crippen LogP contribution in [-0.2, 0) is 20.7 Å². The number of aliphatic carboxylic acids is 2. The maximum Gasteiger partial charge on any atom is 0.410 e. The number of ether oxygens (including phenoxy) is 1. The molecule has 1 aromatic carbocycles. The lowest BCUT2D eigenvalue weighted by Crippen LogP contribution is -2.46. The van der Waals surface area contributed by atoms with E-state index in [1.807, 2.05) is 6.07 Å². The SMILES string of the molecule is CN(C(=O)OC(C)(C)C)[C@@H](CC(Cc1ccccc1)C(=O)O)C(=O)O. The molecule has 1 unspecified atom stereocenters. The summed E-state index contributed by atoms with van der Waals surface area (Å²) in [5, 5.41) is 18.9. The zero-order valence-corrected chi connectivity index (χ0v) is 14.9. The molecule has 0 aromatic heterocycles. The number of amides is 1. The first kappa shape index (κ1) is 20.5. The average Bonchev–Trinajstić information content (AvgIpc) is 2.49. The van der Waals surface area contributed by atoms with Gasteiger partial charge in [-0.25, -0.2) is 9.59 Å². The molecule has 0 saturated heterocycles. The van der Waals surface area contributed by atoms with Crippen molar-refractivity contribution in [3.63, 3.8) is 0 Å². The number of benzene rings is 1. The van der Waals surface area contributed by atoms with Gasteiger partial charge >= 0.3 is 18.0 Å². The zero-order valence-electron chi connectivity index (χ0n) is 14.9. The van der Waals surface area contributed by atoms with E-state index in [0.717, 1.165) is 10.5 Å². The van der Waals surface area contributed by atoms with Crippen LogP contribution >= 0.6 is 0 Å². The van der Waals surface area contributed by atoms with Gasteiger partial charge in [-0.05, 0) is 39.2 Å². The molecule has 0 aliphatic carbocycles. The number of hydrogen-bond donors (Lipinski definition) is 2. The van der Waals surface area contributed by atoms with Crippen LogP contribution in [0.3, 0.4) is 0 Å². The van der Waals surface area contributed by atoms with Gasteiger partial charge in [0, 0.05) is 7.05 Å². The van der Waals surface area contributed by atoms with Gasteiger partial charge < -0.3 is 14.9 Å². The highest BCUT2D eigenvalue weighted by molar-refractivity contribution is 5.81. The predicted octanol–water partition coefficient (Wildman–Crippen LogP) is 2.64. The summed E-state index contributed by atoms with van der Waals surface area (Å²) in [5.74, 6) is -3.31.